The Hall–Kier alpha value is -2.01. The zero-order valence-electron chi connectivity index (χ0n) is 10.6. The van der Waals surface area contributed by atoms with Gasteiger partial charge in [0.1, 0.15) is 5.03 Å². The van der Waals surface area contributed by atoms with Crippen LogP contribution in [0.25, 0.3) is 0 Å². The van der Waals surface area contributed by atoms with Gasteiger partial charge < -0.3 is 11.1 Å². The molecule has 1 amide bonds. The van der Waals surface area contributed by atoms with Gasteiger partial charge in [-0.2, -0.15) is 0 Å². The van der Waals surface area contributed by atoms with Gasteiger partial charge in [0.05, 0.1) is 0 Å². The van der Waals surface area contributed by atoms with Crippen LogP contribution in [0.15, 0.2) is 52.5 Å². The standard InChI is InChI=1S/C14H15N3OS/c1-2-16-14(18)10-6-7-12(11(15)9-10)19-13-5-3-4-8-17-13/h3-9H,2,15H2,1H3,(H,16,18). The van der Waals surface area contributed by atoms with E-state index in [0.717, 1.165) is 9.92 Å². The van der Waals surface area contributed by atoms with E-state index in [1.807, 2.05) is 31.2 Å². The molecular formula is C14H15N3OS. The second-order valence-corrected chi connectivity index (χ2v) is 4.94. The molecule has 2 aromatic rings. The maximum Gasteiger partial charge on any atom is 0.251 e. The number of aromatic nitrogens is 1. The van der Waals surface area contributed by atoms with Gasteiger partial charge in [-0.05, 0) is 37.3 Å². The fourth-order valence-electron chi connectivity index (χ4n) is 1.57. The molecule has 0 aliphatic carbocycles. The van der Waals surface area contributed by atoms with E-state index in [4.69, 9.17) is 5.73 Å². The van der Waals surface area contributed by atoms with Crippen LogP contribution in [0.3, 0.4) is 0 Å². The summed E-state index contributed by atoms with van der Waals surface area (Å²) in [7, 11) is 0. The van der Waals surface area contributed by atoms with E-state index in [0.29, 0.717) is 17.8 Å². The lowest BCUT2D eigenvalue weighted by atomic mass is 10.2. The third-order valence-corrected chi connectivity index (χ3v) is 3.50. The van der Waals surface area contributed by atoms with Crippen molar-refractivity contribution in [2.45, 2.75) is 16.8 Å². The maximum absolute atomic E-state index is 11.7. The lowest BCUT2D eigenvalue weighted by molar-refractivity contribution is 0.0956. The predicted molar refractivity (Wildman–Crippen MR) is 77.2 cm³/mol. The SMILES string of the molecule is CCNC(=O)c1ccc(Sc2ccccn2)c(N)c1. The quantitative estimate of drug-likeness (QED) is 0.840. The summed E-state index contributed by atoms with van der Waals surface area (Å²) >= 11 is 1.48. The fourth-order valence-corrected chi connectivity index (χ4v) is 2.36. The molecule has 0 saturated carbocycles. The molecule has 0 aliphatic rings. The van der Waals surface area contributed by atoms with Crippen LogP contribution >= 0.6 is 11.8 Å². The van der Waals surface area contributed by atoms with E-state index in [-0.39, 0.29) is 5.91 Å². The number of nitrogens with zero attached hydrogens (tertiary/aromatic N) is 1. The summed E-state index contributed by atoms with van der Waals surface area (Å²) in [5.41, 5.74) is 7.13. The number of rotatable bonds is 4. The zero-order chi connectivity index (χ0) is 13.7. The third kappa shape index (κ3) is 3.48. The number of hydrogen-bond acceptors (Lipinski definition) is 4. The van der Waals surface area contributed by atoms with E-state index in [1.165, 1.54) is 11.8 Å². The van der Waals surface area contributed by atoms with Crippen molar-refractivity contribution in [3.63, 3.8) is 0 Å². The number of nitrogens with one attached hydrogen (secondary N) is 1. The number of amides is 1. The summed E-state index contributed by atoms with van der Waals surface area (Å²) < 4.78 is 0. The van der Waals surface area contributed by atoms with Crippen molar-refractivity contribution in [2.24, 2.45) is 0 Å². The minimum absolute atomic E-state index is 0.108. The summed E-state index contributed by atoms with van der Waals surface area (Å²) in [6, 6.07) is 11.0. The molecule has 0 aliphatic heterocycles. The number of benzene rings is 1. The number of hydrogen-bond donors (Lipinski definition) is 2. The second kappa shape index (κ2) is 6.24. The van der Waals surface area contributed by atoms with Gasteiger partial charge in [-0.3, -0.25) is 4.79 Å². The van der Waals surface area contributed by atoms with Gasteiger partial charge in [-0.15, -0.1) is 0 Å². The van der Waals surface area contributed by atoms with Gasteiger partial charge in [0, 0.05) is 28.9 Å². The molecule has 1 aromatic heterocycles. The summed E-state index contributed by atoms with van der Waals surface area (Å²) in [5.74, 6) is -0.108. The predicted octanol–water partition coefficient (Wildman–Crippen LogP) is 2.56. The lowest BCUT2D eigenvalue weighted by Crippen LogP contribution is -2.22. The summed E-state index contributed by atoms with van der Waals surface area (Å²) in [5, 5.41) is 3.62. The topological polar surface area (TPSA) is 68.0 Å². The van der Waals surface area contributed by atoms with Crippen molar-refractivity contribution in [1.29, 1.82) is 0 Å². The van der Waals surface area contributed by atoms with Gasteiger partial charge in [0.2, 0.25) is 0 Å². The number of anilines is 1. The average Bonchev–Trinajstić information content (AvgIpc) is 2.42. The maximum atomic E-state index is 11.7. The van der Waals surface area contributed by atoms with Crippen LogP contribution in [0.1, 0.15) is 17.3 Å². The van der Waals surface area contributed by atoms with Gasteiger partial charge in [-0.1, -0.05) is 17.8 Å². The summed E-state index contributed by atoms with van der Waals surface area (Å²) in [6.07, 6.45) is 1.74. The first-order chi connectivity index (χ1) is 9.20. The molecule has 1 aromatic carbocycles. The van der Waals surface area contributed by atoms with E-state index in [2.05, 4.69) is 10.3 Å². The van der Waals surface area contributed by atoms with Crippen molar-refractivity contribution in [1.82, 2.24) is 10.3 Å². The van der Waals surface area contributed by atoms with Gasteiger partial charge in [-0.25, -0.2) is 4.98 Å². The Morgan fingerprint density at radius 1 is 1.37 bits per heavy atom. The first-order valence-corrected chi connectivity index (χ1v) is 6.79. The van der Waals surface area contributed by atoms with Crippen molar-refractivity contribution < 1.29 is 4.79 Å². The highest BCUT2D eigenvalue weighted by atomic mass is 32.2. The second-order valence-electron chi connectivity index (χ2n) is 3.88. The molecule has 0 radical (unpaired) electrons. The minimum atomic E-state index is -0.108. The molecule has 0 atom stereocenters. The molecule has 3 N–H and O–H groups in total. The molecule has 2 rings (SSSR count). The molecule has 98 valence electrons. The Bertz CT molecular complexity index is 572. The molecule has 0 bridgehead atoms. The van der Waals surface area contributed by atoms with Crippen LogP contribution in [0.2, 0.25) is 0 Å². The van der Waals surface area contributed by atoms with Crippen molar-refractivity contribution >= 4 is 23.4 Å². The summed E-state index contributed by atoms with van der Waals surface area (Å²) in [6.45, 7) is 2.48. The Morgan fingerprint density at radius 3 is 2.84 bits per heavy atom. The first-order valence-electron chi connectivity index (χ1n) is 5.97. The normalized spacial score (nSPS) is 10.2. The lowest BCUT2D eigenvalue weighted by Gasteiger charge is -2.07. The molecule has 4 nitrogen and oxygen atoms in total. The van der Waals surface area contributed by atoms with Crippen molar-refractivity contribution in [3.8, 4) is 0 Å². The highest BCUT2D eigenvalue weighted by Crippen LogP contribution is 2.31. The van der Waals surface area contributed by atoms with Gasteiger partial charge >= 0.3 is 0 Å². The smallest absolute Gasteiger partial charge is 0.251 e. The van der Waals surface area contributed by atoms with Crippen LogP contribution in [0.4, 0.5) is 5.69 Å². The Morgan fingerprint density at radius 2 is 2.21 bits per heavy atom. The van der Waals surface area contributed by atoms with E-state index in [9.17, 15) is 4.79 Å². The average molecular weight is 273 g/mol. The Balaban J connectivity index is 2.18. The fraction of sp³-hybridized carbons (Fsp3) is 0.143. The van der Waals surface area contributed by atoms with Crippen LogP contribution < -0.4 is 11.1 Å². The number of pyridine rings is 1. The van der Waals surface area contributed by atoms with E-state index in [1.54, 1.807) is 18.3 Å². The molecule has 1 heterocycles. The number of nitrogens with two attached hydrogens (primary N) is 1. The monoisotopic (exact) mass is 273 g/mol. The highest BCUT2D eigenvalue weighted by molar-refractivity contribution is 7.99. The largest absolute Gasteiger partial charge is 0.398 e. The molecule has 0 spiro atoms. The molecule has 0 fully saturated rings. The Kier molecular flexibility index (Phi) is 4.41. The van der Waals surface area contributed by atoms with E-state index < -0.39 is 0 Å². The highest BCUT2D eigenvalue weighted by Gasteiger charge is 2.08. The minimum Gasteiger partial charge on any atom is -0.398 e. The molecule has 0 unspecified atom stereocenters. The third-order valence-electron chi connectivity index (χ3n) is 2.46. The van der Waals surface area contributed by atoms with Crippen LogP contribution in [0, 0.1) is 0 Å². The van der Waals surface area contributed by atoms with Crippen molar-refractivity contribution in [2.75, 3.05) is 12.3 Å². The van der Waals surface area contributed by atoms with Crippen LogP contribution in [-0.2, 0) is 0 Å². The van der Waals surface area contributed by atoms with Gasteiger partial charge in [0.15, 0.2) is 0 Å². The van der Waals surface area contributed by atoms with Gasteiger partial charge in [0.25, 0.3) is 5.91 Å². The summed E-state index contributed by atoms with van der Waals surface area (Å²) in [4.78, 5) is 16.8. The zero-order valence-corrected chi connectivity index (χ0v) is 11.4. The Labute approximate surface area is 116 Å². The number of carbonyl (C=O) groups excluding carboxylic acids is 1. The number of carbonyl (C=O) groups is 1. The van der Waals surface area contributed by atoms with E-state index >= 15 is 0 Å². The molecule has 0 saturated heterocycles. The van der Waals surface area contributed by atoms with Crippen LogP contribution in [-0.4, -0.2) is 17.4 Å². The first kappa shape index (κ1) is 13.4. The molecular weight excluding hydrogens is 258 g/mol. The number of nitrogen functional groups attached to an aromatic ring is 1. The molecule has 5 heteroatoms. The van der Waals surface area contributed by atoms with Crippen LogP contribution in [0.5, 0.6) is 0 Å². The van der Waals surface area contributed by atoms with Crippen molar-refractivity contribution in [3.05, 3.63) is 48.2 Å². The molecule has 19 heavy (non-hydrogen) atoms.